The van der Waals surface area contributed by atoms with Crippen LogP contribution in [0.4, 0.5) is 0 Å². The van der Waals surface area contributed by atoms with Gasteiger partial charge in [-0.25, -0.2) is 13.2 Å². The summed E-state index contributed by atoms with van der Waals surface area (Å²) in [6.07, 6.45) is 1.64. The Morgan fingerprint density at radius 3 is 2.59 bits per heavy atom. The molecule has 6 nitrogen and oxygen atoms in total. The minimum Gasteiger partial charge on any atom is -0.451 e. The quantitative estimate of drug-likeness (QED) is 0.644. The predicted octanol–water partition coefficient (Wildman–Crippen LogP) is 3.83. The van der Waals surface area contributed by atoms with Crippen molar-refractivity contribution >= 4 is 33.4 Å². The molecule has 1 aliphatic carbocycles. The van der Waals surface area contributed by atoms with Crippen LogP contribution < -0.4 is 0 Å². The van der Waals surface area contributed by atoms with Crippen LogP contribution in [0.5, 0.6) is 0 Å². The van der Waals surface area contributed by atoms with E-state index in [1.165, 1.54) is 29.6 Å². The van der Waals surface area contributed by atoms with Gasteiger partial charge in [-0.3, -0.25) is 4.79 Å². The Morgan fingerprint density at radius 2 is 1.90 bits per heavy atom. The van der Waals surface area contributed by atoms with E-state index in [9.17, 15) is 18.0 Å². The second-order valence-corrected chi connectivity index (χ2v) is 9.45. The van der Waals surface area contributed by atoms with Gasteiger partial charge in [0.2, 0.25) is 10.0 Å². The molecule has 0 unspecified atom stereocenters. The molecule has 0 N–H and O–H groups in total. The molecular weight excluding hydrogens is 414 g/mol. The molecule has 0 bridgehead atoms. The van der Waals surface area contributed by atoms with Crippen LogP contribution in [0, 0.1) is 0 Å². The van der Waals surface area contributed by atoms with E-state index in [4.69, 9.17) is 16.3 Å². The van der Waals surface area contributed by atoms with E-state index in [-0.39, 0.29) is 27.8 Å². The largest absolute Gasteiger partial charge is 0.451 e. The average molecular weight is 436 g/mol. The third-order valence-corrected chi connectivity index (χ3v) is 6.99. The summed E-state index contributed by atoms with van der Waals surface area (Å²) in [4.78, 5) is 24.4. The molecule has 154 valence electrons. The van der Waals surface area contributed by atoms with Crippen molar-refractivity contribution in [1.29, 1.82) is 0 Å². The minimum atomic E-state index is -3.85. The van der Waals surface area contributed by atoms with E-state index in [0.29, 0.717) is 12.8 Å². The summed E-state index contributed by atoms with van der Waals surface area (Å²) >= 11 is 6.11. The lowest BCUT2D eigenvalue weighted by atomic mass is 9.96. The summed E-state index contributed by atoms with van der Waals surface area (Å²) in [6.45, 7) is 0.183. The van der Waals surface area contributed by atoms with Crippen molar-refractivity contribution in [2.75, 3.05) is 7.05 Å². The highest BCUT2D eigenvalue weighted by molar-refractivity contribution is 7.89. The Kier molecular flexibility index (Phi) is 6.72. The number of halogens is 1. The van der Waals surface area contributed by atoms with Gasteiger partial charge in [-0.2, -0.15) is 4.31 Å². The number of ether oxygens (including phenoxy) is 1. The maximum absolute atomic E-state index is 12.9. The highest BCUT2D eigenvalue weighted by atomic mass is 35.5. The molecule has 0 heterocycles. The van der Waals surface area contributed by atoms with Gasteiger partial charge in [-0.05, 0) is 43.0 Å². The summed E-state index contributed by atoms with van der Waals surface area (Å²) < 4.78 is 32.4. The Morgan fingerprint density at radius 1 is 1.17 bits per heavy atom. The molecule has 0 saturated heterocycles. The van der Waals surface area contributed by atoms with Crippen molar-refractivity contribution < 1.29 is 22.7 Å². The second-order valence-electron chi connectivity index (χ2n) is 6.99. The first kappa shape index (κ1) is 21.5. The number of rotatable bonds is 6. The van der Waals surface area contributed by atoms with Crippen molar-refractivity contribution in [3.05, 3.63) is 64.7 Å². The molecule has 0 radical (unpaired) electrons. The van der Waals surface area contributed by atoms with Gasteiger partial charge in [0, 0.05) is 20.0 Å². The molecule has 0 aliphatic heterocycles. The number of esters is 1. The smallest absolute Gasteiger partial charge is 0.340 e. The molecule has 2 aromatic carbocycles. The number of benzene rings is 2. The van der Waals surface area contributed by atoms with Crippen molar-refractivity contribution in [2.24, 2.45) is 0 Å². The predicted molar refractivity (Wildman–Crippen MR) is 109 cm³/mol. The SMILES string of the molecule is CN(Cc1ccccc1)S(=O)(=O)c1ccc(Cl)c(C(=O)O[C@H]2CCCCC2=O)c1. The molecule has 29 heavy (non-hydrogen) atoms. The van der Waals surface area contributed by atoms with Gasteiger partial charge in [0.25, 0.3) is 0 Å². The Labute approximate surface area is 175 Å². The zero-order chi connectivity index (χ0) is 21.0. The Bertz CT molecular complexity index is 1010. The van der Waals surface area contributed by atoms with E-state index >= 15 is 0 Å². The third-order valence-electron chi connectivity index (χ3n) is 4.86. The van der Waals surface area contributed by atoms with Gasteiger partial charge < -0.3 is 4.74 Å². The fourth-order valence-corrected chi connectivity index (χ4v) is 4.58. The molecule has 0 aromatic heterocycles. The highest BCUT2D eigenvalue weighted by Crippen LogP contribution is 2.26. The van der Waals surface area contributed by atoms with Crippen LogP contribution in [-0.2, 0) is 26.1 Å². The maximum Gasteiger partial charge on any atom is 0.340 e. The molecule has 0 spiro atoms. The van der Waals surface area contributed by atoms with E-state index in [1.54, 1.807) is 0 Å². The van der Waals surface area contributed by atoms with Crippen LogP contribution in [0.3, 0.4) is 0 Å². The molecule has 1 fully saturated rings. The zero-order valence-electron chi connectivity index (χ0n) is 16.0. The number of ketones is 1. The number of hydrogen-bond donors (Lipinski definition) is 0. The van der Waals surface area contributed by atoms with E-state index in [2.05, 4.69) is 0 Å². The summed E-state index contributed by atoms with van der Waals surface area (Å²) in [5, 5.41) is 0.0721. The van der Waals surface area contributed by atoms with Crippen molar-refractivity contribution in [3.8, 4) is 0 Å². The maximum atomic E-state index is 12.9. The molecule has 1 aliphatic rings. The first-order chi connectivity index (χ1) is 13.8. The fourth-order valence-electron chi connectivity index (χ4n) is 3.19. The average Bonchev–Trinajstić information content (AvgIpc) is 2.70. The lowest BCUT2D eigenvalue weighted by Gasteiger charge is -2.21. The zero-order valence-corrected chi connectivity index (χ0v) is 17.6. The van der Waals surface area contributed by atoms with Crippen molar-refractivity contribution in [1.82, 2.24) is 4.31 Å². The van der Waals surface area contributed by atoms with Gasteiger partial charge in [-0.1, -0.05) is 41.9 Å². The first-order valence-electron chi connectivity index (χ1n) is 9.32. The van der Waals surface area contributed by atoms with Crippen LogP contribution in [0.15, 0.2) is 53.4 Å². The van der Waals surface area contributed by atoms with Crippen LogP contribution in [0.25, 0.3) is 0 Å². The molecule has 2 aromatic rings. The third kappa shape index (κ3) is 5.04. The van der Waals surface area contributed by atoms with Gasteiger partial charge in [0.1, 0.15) is 0 Å². The molecule has 1 atom stereocenters. The highest BCUT2D eigenvalue weighted by Gasteiger charge is 2.28. The normalized spacial score (nSPS) is 17.3. The van der Waals surface area contributed by atoms with Gasteiger partial charge >= 0.3 is 5.97 Å². The number of Topliss-reactive ketones (excluding diaryl/α,β-unsaturated/α-hetero) is 1. The van der Waals surface area contributed by atoms with Crippen LogP contribution in [-0.4, -0.2) is 37.6 Å². The molecule has 1 saturated carbocycles. The molecular formula is C21H22ClNO5S. The van der Waals surface area contributed by atoms with Crippen LogP contribution in [0.1, 0.15) is 41.6 Å². The number of sulfonamides is 1. The summed E-state index contributed by atoms with van der Waals surface area (Å²) in [5.74, 6) is -0.912. The first-order valence-corrected chi connectivity index (χ1v) is 11.1. The second kappa shape index (κ2) is 9.07. The van der Waals surface area contributed by atoms with Crippen molar-refractivity contribution in [3.63, 3.8) is 0 Å². The van der Waals surface area contributed by atoms with Crippen LogP contribution in [0.2, 0.25) is 5.02 Å². The molecule has 3 rings (SSSR count). The fraction of sp³-hybridized carbons (Fsp3) is 0.333. The van der Waals surface area contributed by atoms with Gasteiger partial charge in [-0.15, -0.1) is 0 Å². The lowest BCUT2D eigenvalue weighted by molar-refractivity contribution is -0.129. The number of hydrogen-bond acceptors (Lipinski definition) is 5. The standard InChI is InChI=1S/C21H22ClNO5S/c1-23(14-15-7-3-2-4-8-15)29(26,27)16-11-12-18(22)17(13-16)21(25)28-20-10-6-5-9-19(20)24/h2-4,7-8,11-13,20H,5-6,9-10,14H2,1H3/t20-/m0/s1. The van der Waals surface area contributed by atoms with Gasteiger partial charge in [0.05, 0.1) is 15.5 Å². The number of carbonyl (C=O) groups is 2. The Hall–Kier alpha value is -2.22. The number of carbonyl (C=O) groups excluding carboxylic acids is 2. The monoisotopic (exact) mass is 435 g/mol. The lowest BCUT2D eigenvalue weighted by Crippen LogP contribution is -2.30. The summed E-state index contributed by atoms with van der Waals surface area (Å²) in [6, 6.07) is 13.1. The van der Waals surface area contributed by atoms with Gasteiger partial charge in [0.15, 0.2) is 11.9 Å². The minimum absolute atomic E-state index is 0.0674. The molecule has 0 amide bonds. The summed E-state index contributed by atoms with van der Waals surface area (Å²) in [5.41, 5.74) is 0.766. The van der Waals surface area contributed by atoms with E-state index < -0.39 is 22.1 Å². The van der Waals surface area contributed by atoms with Crippen molar-refractivity contribution in [2.45, 2.75) is 43.2 Å². The topological polar surface area (TPSA) is 80.8 Å². The van der Waals surface area contributed by atoms with E-state index in [0.717, 1.165) is 18.4 Å². The number of nitrogens with zero attached hydrogens (tertiary/aromatic N) is 1. The molecule has 8 heteroatoms. The van der Waals surface area contributed by atoms with Crippen LogP contribution >= 0.6 is 11.6 Å². The Balaban J connectivity index is 1.81. The van der Waals surface area contributed by atoms with E-state index in [1.807, 2.05) is 30.3 Å². The summed E-state index contributed by atoms with van der Waals surface area (Å²) in [7, 11) is -2.39.